The van der Waals surface area contributed by atoms with E-state index in [0.29, 0.717) is 11.3 Å². The first-order valence-corrected chi connectivity index (χ1v) is 6.30. The molecule has 2 aromatic rings. The molecule has 0 heterocycles. The molecule has 0 aliphatic heterocycles. The van der Waals surface area contributed by atoms with Crippen molar-refractivity contribution >= 4 is 5.97 Å². The van der Waals surface area contributed by atoms with Gasteiger partial charge in [-0.25, -0.2) is 4.79 Å². The summed E-state index contributed by atoms with van der Waals surface area (Å²) in [5.41, 5.74) is 1.11. The molecule has 0 aliphatic rings. The highest BCUT2D eigenvalue weighted by Gasteiger charge is 2.18. The van der Waals surface area contributed by atoms with Crippen LogP contribution < -0.4 is 4.74 Å². The van der Waals surface area contributed by atoms with Crippen LogP contribution in [-0.4, -0.2) is 5.97 Å². The van der Waals surface area contributed by atoms with Crippen molar-refractivity contribution in [1.29, 1.82) is 0 Å². The van der Waals surface area contributed by atoms with Gasteiger partial charge in [0.25, 0.3) is 6.29 Å². The van der Waals surface area contributed by atoms with Gasteiger partial charge in [-0.1, -0.05) is 55.1 Å². The summed E-state index contributed by atoms with van der Waals surface area (Å²) < 4.78 is 11.1. The van der Waals surface area contributed by atoms with E-state index in [9.17, 15) is 4.79 Å². The number of para-hydroxylation sites is 1. The van der Waals surface area contributed by atoms with Crippen LogP contribution in [0.25, 0.3) is 0 Å². The van der Waals surface area contributed by atoms with E-state index in [4.69, 9.17) is 9.47 Å². The average Bonchev–Trinajstić information content (AvgIpc) is 2.48. The smallest absolute Gasteiger partial charge is 0.336 e. The van der Waals surface area contributed by atoms with Crippen LogP contribution in [0.5, 0.6) is 5.75 Å². The maximum Gasteiger partial charge on any atom is 0.336 e. The lowest BCUT2D eigenvalue weighted by Gasteiger charge is -2.19. The Morgan fingerprint density at radius 3 is 2.10 bits per heavy atom. The molecule has 3 nitrogen and oxygen atoms in total. The van der Waals surface area contributed by atoms with E-state index in [-0.39, 0.29) is 0 Å². The summed E-state index contributed by atoms with van der Waals surface area (Å²) in [6.07, 6.45) is -0.789. The second kappa shape index (κ2) is 6.57. The SMILES string of the molecule is C=C(C)C(=O)OC(Oc1ccccc1)c1ccccc1. The number of benzene rings is 2. The molecule has 2 rings (SSSR count). The Bertz CT molecular complexity index is 576. The van der Waals surface area contributed by atoms with E-state index in [1.54, 1.807) is 6.92 Å². The summed E-state index contributed by atoms with van der Waals surface area (Å²) in [5, 5.41) is 0. The lowest BCUT2D eigenvalue weighted by Crippen LogP contribution is -2.17. The molecule has 0 aromatic heterocycles. The topological polar surface area (TPSA) is 35.5 Å². The third kappa shape index (κ3) is 3.72. The number of hydrogen-bond acceptors (Lipinski definition) is 3. The van der Waals surface area contributed by atoms with Crippen LogP contribution in [0.2, 0.25) is 0 Å². The Morgan fingerprint density at radius 1 is 1.00 bits per heavy atom. The minimum absolute atomic E-state index is 0.336. The summed E-state index contributed by atoms with van der Waals surface area (Å²) >= 11 is 0. The Morgan fingerprint density at radius 2 is 1.55 bits per heavy atom. The van der Waals surface area contributed by atoms with Crippen molar-refractivity contribution in [3.8, 4) is 5.75 Å². The molecule has 1 atom stereocenters. The third-order valence-electron chi connectivity index (χ3n) is 2.62. The molecule has 20 heavy (non-hydrogen) atoms. The van der Waals surface area contributed by atoms with Crippen LogP contribution in [0.15, 0.2) is 72.8 Å². The van der Waals surface area contributed by atoms with Crippen LogP contribution in [0.1, 0.15) is 18.8 Å². The van der Waals surface area contributed by atoms with Crippen molar-refractivity contribution in [3.05, 3.63) is 78.4 Å². The van der Waals surface area contributed by atoms with Gasteiger partial charge in [0.2, 0.25) is 0 Å². The summed E-state index contributed by atoms with van der Waals surface area (Å²) in [7, 11) is 0. The summed E-state index contributed by atoms with van der Waals surface area (Å²) in [4.78, 5) is 11.7. The molecule has 0 N–H and O–H groups in total. The summed E-state index contributed by atoms with van der Waals surface area (Å²) in [6.45, 7) is 5.18. The maximum absolute atomic E-state index is 11.7. The van der Waals surface area contributed by atoms with E-state index < -0.39 is 12.3 Å². The van der Waals surface area contributed by atoms with Gasteiger partial charge in [-0.2, -0.15) is 0 Å². The lowest BCUT2D eigenvalue weighted by molar-refractivity contribution is -0.159. The number of carbonyl (C=O) groups excluding carboxylic acids is 1. The molecule has 2 aromatic carbocycles. The van der Waals surface area contributed by atoms with Crippen LogP contribution in [-0.2, 0) is 9.53 Å². The Kier molecular flexibility index (Phi) is 4.56. The molecular formula is C17H16O3. The van der Waals surface area contributed by atoms with E-state index in [0.717, 1.165) is 5.56 Å². The fraction of sp³-hybridized carbons (Fsp3) is 0.118. The first-order chi connectivity index (χ1) is 9.66. The van der Waals surface area contributed by atoms with Gasteiger partial charge in [-0.05, 0) is 19.1 Å². The van der Waals surface area contributed by atoms with Crippen molar-refractivity contribution < 1.29 is 14.3 Å². The lowest BCUT2D eigenvalue weighted by atomic mass is 10.2. The van der Waals surface area contributed by atoms with Gasteiger partial charge in [0.1, 0.15) is 5.75 Å². The highest BCUT2D eigenvalue weighted by Crippen LogP contribution is 2.23. The Balaban J connectivity index is 2.20. The number of hydrogen-bond donors (Lipinski definition) is 0. The molecule has 0 saturated heterocycles. The number of carbonyl (C=O) groups is 1. The first-order valence-electron chi connectivity index (χ1n) is 6.30. The van der Waals surface area contributed by atoms with Gasteiger partial charge >= 0.3 is 5.97 Å². The molecule has 1 unspecified atom stereocenters. The Hall–Kier alpha value is -2.55. The second-order valence-corrected chi connectivity index (χ2v) is 4.36. The van der Waals surface area contributed by atoms with Gasteiger partial charge in [0.15, 0.2) is 0 Å². The predicted octanol–water partition coefficient (Wildman–Crippen LogP) is 3.88. The predicted molar refractivity (Wildman–Crippen MR) is 77.2 cm³/mol. The zero-order chi connectivity index (χ0) is 14.4. The summed E-state index contributed by atoms with van der Waals surface area (Å²) in [5.74, 6) is 0.158. The monoisotopic (exact) mass is 268 g/mol. The average molecular weight is 268 g/mol. The molecular weight excluding hydrogens is 252 g/mol. The van der Waals surface area contributed by atoms with Gasteiger partial charge in [-0.3, -0.25) is 0 Å². The standard InChI is InChI=1S/C17H16O3/c1-13(2)16(18)20-17(14-9-5-3-6-10-14)19-15-11-7-4-8-12-15/h3-12,17H,1H2,2H3. The van der Waals surface area contributed by atoms with E-state index in [1.807, 2.05) is 60.7 Å². The second-order valence-electron chi connectivity index (χ2n) is 4.36. The molecule has 0 saturated carbocycles. The van der Waals surface area contributed by atoms with Crippen molar-refractivity contribution in [2.75, 3.05) is 0 Å². The highest BCUT2D eigenvalue weighted by atomic mass is 16.7. The van der Waals surface area contributed by atoms with Crippen molar-refractivity contribution in [1.82, 2.24) is 0 Å². The molecule has 3 heteroatoms. The number of rotatable bonds is 5. The molecule has 0 bridgehead atoms. The highest BCUT2D eigenvalue weighted by molar-refractivity contribution is 5.87. The van der Waals surface area contributed by atoms with Gasteiger partial charge in [0, 0.05) is 11.1 Å². The molecule has 0 amide bonds. The number of ether oxygens (including phenoxy) is 2. The normalized spacial score (nSPS) is 11.4. The fourth-order valence-corrected chi connectivity index (χ4v) is 1.59. The van der Waals surface area contributed by atoms with Crippen molar-refractivity contribution in [3.63, 3.8) is 0 Å². The van der Waals surface area contributed by atoms with Crippen LogP contribution in [0.4, 0.5) is 0 Å². The van der Waals surface area contributed by atoms with Gasteiger partial charge < -0.3 is 9.47 Å². The fourth-order valence-electron chi connectivity index (χ4n) is 1.59. The minimum Gasteiger partial charge on any atom is -0.450 e. The molecule has 0 radical (unpaired) electrons. The van der Waals surface area contributed by atoms with E-state index in [2.05, 4.69) is 6.58 Å². The third-order valence-corrected chi connectivity index (χ3v) is 2.62. The molecule has 102 valence electrons. The Labute approximate surface area is 118 Å². The van der Waals surface area contributed by atoms with Gasteiger partial charge in [0.05, 0.1) is 0 Å². The van der Waals surface area contributed by atoms with E-state index in [1.165, 1.54) is 0 Å². The van der Waals surface area contributed by atoms with Crippen LogP contribution in [0, 0.1) is 0 Å². The maximum atomic E-state index is 11.7. The minimum atomic E-state index is -0.789. The number of esters is 1. The first kappa shape index (κ1) is 13.9. The largest absolute Gasteiger partial charge is 0.450 e. The summed E-state index contributed by atoms with van der Waals surface area (Å²) in [6, 6.07) is 18.5. The zero-order valence-corrected chi connectivity index (χ0v) is 11.3. The van der Waals surface area contributed by atoms with E-state index >= 15 is 0 Å². The molecule has 0 fully saturated rings. The van der Waals surface area contributed by atoms with Crippen LogP contribution >= 0.6 is 0 Å². The van der Waals surface area contributed by atoms with Crippen molar-refractivity contribution in [2.45, 2.75) is 13.2 Å². The zero-order valence-electron chi connectivity index (χ0n) is 11.3. The van der Waals surface area contributed by atoms with Crippen LogP contribution in [0.3, 0.4) is 0 Å². The van der Waals surface area contributed by atoms with Crippen molar-refractivity contribution in [2.24, 2.45) is 0 Å². The molecule has 0 aliphatic carbocycles. The molecule has 0 spiro atoms. The van der Waals surface area contributed by atoms with Gasteiger partial charge in [-0.15, -0.1) is 0 Å². The quantitative estimate of drug-likeness (QED) is 0.469.